The summed E-state index contributed by atoms with van der Waals surface area (Å²) in [6.07, 6.45) is -0.383. The smallest absolute Gasteiger partial charge is 0.335 e. The summed E-state index contributed by atoms with van der Waals surface area (Å²) < 4.78 is 5.63. The number of hydrogen-bond donors (Lipinski definition) is 4. The van der Waals surface area contributed by atoms with E-state index in [0.29, 0.717) is 18.0 Å². The van der Waals surface area contributed by atoms with E-state index in [9.17, 15) is 9.90 Å². The molecule has 2 unspecified atom stereocenters. The lowest BCUT2D eigenvalue weighted by Crippen LogP contribution is -2.43. The number of nitrogens with two attached hydrogens (primary N) is 1. The standard InChI is InChI=1S/C12H16N2O4/c1-12(17,11(15)16)5-8-6-14-9-4-7(13)2-3-10(9)18-8/h2-4,8,14,17H,5-6,13H2,1H3,(H,15,16). The highest BCUT2D eigenvalue weighted by atomic mass is 16.5. The summed E-state index contributed by atoms with van der Waals surface area (Å²) >= 11 is 0. The first-order valence-corrected chi connectivity index (χ1v) is 5.64. The number of benzene rings is 1. The summed E-state index contributed by atoms with van der Waals surface area (Å²) in [5.74, 6) is -0.643. The maximum atomic E-state index is 10.8. The van der Waals surface area contributed by atoms with Gasteiger partial charge in [-0.25, -0.2) is 4.79 Å². The Balaban J connectivity index is 2.09. The second-order valence-corrected chi connectivity index (χ2v) is 4.66. The van der Waals surface area contributed by atoms with Crippen LogP contribution in [0.2, 0.25) is 0 Å². The van der Waals surface area contributed by atoms with Gasteiger partial charge in [0, 0.05) is 12.1 Å². The molecule has 6 heteroatoms. The Morgan fingerprint density at radius 1 is 1.67 bits per heavy atom. The number of carbonyl (C=O) groups is 1. The number of carboxylic acids is 1. The minimum atomic E-state index is -1.79. The van der Waals surface area contributed by atoms with Crippen LogP contribution in [0.15, 0.2) is 18.2 Å². The van der Waals surface area contributed by atoms with E-state index in [0.717, 1.165) is 5.69 Å². The summed E-state index contributed by atoms with van der Waals surface area (Å²) in [6, 6.07) is 5.18. The number of aliphatic carboxylic acids is 1. The van der Waals surface area contributed by atoms with Crippen molar-refractivity contribution in [3.05, 3.63) is 18.2 Å². The van der Waals surface area contributed by atoms with Crippen LogP contribution in [0, 0.1) is 0 Å². The summed E-state index contributed by atoms with van der Waals surface area (Å²) in [5.41, 5.74) is 5.26. The van der Waals surface area contributed by atoms with Crippen LogP contribution in [0.3, 0.4) is 0 Å². The number of hydrogen-bond acceptors (Lipinski definition) is 5. The van der Waals surface area contributed by atoms with Crippen LogP contribution >= 0.6 is 0 Å². The number of nitrogens with one attached hydrogen (secondary N) is 1. The van der Waals surface area contributed by atoms with Gasteiger partial charge < -0.3 is 26.0 Å². The van der Waals surface area contributed by atoms with Crippen LogP contribution in [0.25, 0.3) is 0 Å². The third-order valence-corrected chi connectivity index (χ3v) is 2.90. The van der Waals surface area contributed by atoms with Crippen molar-refractivity contribution < 1.29 is 19.7 Å². The Kier molecular flexibility index (Phi) is 3.04. The molecule has 1 aromatic carbocycles. The van der Waals surface area contributed by atoms with Crippen molar-refractivity contribution in [3.8, 4) is 5.75 Å². The Bertz CT molecular complexity index is 473. The lowest BCUT2D eigenvalue weighted by Gasteiger charge is -2.31. The second kappa shape index (κ2) is 4.38. The molecule has 0 aliphatic carbocycles. The number of carboxylic acid groups (broad SMARTS) is 1. The molecule has 5 N–H and O–H groups in total. The van der Waals surface area contributed by atoms with Gasteiger partial charge in [-0.1, -0.05) is 0 Å². The summed E-state index contributed by atoms with van der Waals surface area (Å²) in [4.78, 5) is 10.8. The Hall–Kier alpha value is -1.95. The zero-order chi connectivity index (χ0) is 13.3. The summed E-state index contributed by atoms with van der Waals surface area (Å²) in [6.45, 7) is 1.69. The molecule has 0 fully saturated rings. The first-order chi connectivity index (χ1) is 8.38. The van der Waals surface area contributed by atoms with E-state index in [1.165, 1.54) is 6.92 Å². The highest BCUT2D eigenvalue weighted by molar-refractivity contribution is 5.76. The van der Waals surface area contributed by atoms with Gasteiger partial charge in [0.15, 0.2) is 5.60 Å². The van der Waals surface area contributed by atoms with E-state index in [1.54, 1.807) is 18.2 Å². The molecule has 98 valence electrons. The molecule has 1 heterocycles. The number of rotatable bonds is 3. The molecule has 1 aliphatic rings. The molecule has 2 rings (SSSR count). The van der Waals surface area contributed by atoms with Crippen molar-refractivity contribution in [2.75, 3.05) is 17.6 Å². The zero-order valence-corrected chi connectivity index (χ0v) is 10.0. The number of anilines is 2. The molecule has 18 heavy (non-hydrogen) atoms. The third kappa shape index (κ3) is 2.48. The molecule has 1 aromatic rings. The fourth-order valence-electron chi connectivity index (χ4n) is 1.88. The van der Waals surface area contributed by atoms with Gasteiger partial charge in [0.1, 0.15) is 11.9 Å². The predicted octanol–water partition coefficient (Wildman–Crippen LogP) is 0.667. The monoisotopic (exact) mass is 252 g/mol. The largest absolute Gasteiger partial charge is 0.486 e. The Labute approximate surface area is 104 Å². The molecular formula is C12H16N2O4. The Morgan fingerprint density at radius 3 is 3.06 bits per heavy atom. The minimum Gasteiger partial charge on any atom is -0.486 e. The highest BCUT2D eigenvalue weighted by Crippen LogP contribution is 2.32. The van der Waals surface area contributed by atoms with Crippen LogP contribution in [0.4, 0.5) is 11.4 Å². The van der Waals surface area contributed by atoms with Crippen molar-refractivity contribution in [3.63, 3.8) is 0 Å². The van der Waals surface area contributed by atoms with Crippen LogP contribution < -0.4 is 15.8 Å². The van der Waals surface area contributed by atoms with Crippen LogP contribution in [0.1, 0.15) is 13.3 Å². The molecule has 0 radical (unpaired) electrons. The van der Waals surface area contributed by atoms with Gasteiger partial charge in [0.2, 0.25) is 0 Å². The molecule has 0 saturated heterocycles. The zero-order valence-electron chi connectivity index (χ0n) is 10.0. The van der Waals surface area contributed by atoms with Crippen LogP contribution in [0.5, 0.6) is 5.75 Å². The van der Waals surface area contributed by atoms with Gasteiger partial charge in [-0.3, -0.25) is 0 Å². The summed E-state index contributed by atoms with van der Waals surface area (Å²) in [5, 5.41) is 21.7. The van der Waals surface area contributed by atoms with Crippen LogP contribution in [-0.2, 0) is 4.79 Å². The molecule has 0 aromatic heterocycles. The topological polar surface area (TPSA) is 105 Å². The predicted molar refractivity (Wildman–Crippen MR) is 66.6 cm³/mol. The minimum absolute atomic E-state index is 0.0130. The molecule has 0 saturated carbocycles. The van der Waals surface area contributed by atoms with Gasteiger partial charge >= 0.3 is 5.97 Å². The van der Waals surface area contributed by atoms with Crippen molar-refractivity contribution >= 4 is 17.3 Å². The van der Waals surface area contributed by atoms with E-state index in [2.05, 4.69) is 5.32 Å². The average Bonchev–Trinajstić information content (AvgIpc) is 2.28. The summed E-state index contributed by atoms with van der Waals surface area (Å²) in [7, 11) is 0. The van der Waals surface area contributed by atoms with E-state index < -0.39 is 17.7 Å². The SMILES string of the molecule is CC(O)(CC1CNc2cc(N)ccc2O1)C(=O)O. The maximum Gasteiger partial charge on any atom is 0.335 e. The molecular weight excluding hydrogens is 236 g/mol. The number of nitrogen functional groups attached to an aromatic ring is 1. The van der Waals surface area contributed by atoms with Gasteiger partial charge in [-0.15, -0.1) is 0 Å². The molecule has 0 spiro atoms. The molecule has 0 bridgehead atoms. The second-order valence-electron chi connectivity index (χ2n) is 4.66. The van der Waals surface area contributed by atoms with Crippen molar-refractivity contribution in [1.82, 2.24) is 0 Å². The van der Waals surface area contributed by atoms with E-state index in [1.807, 2.05) is 0 Å². The first-order valence-electron chi connectivity index (χ1n) is 5.64. The van der Waals surface area contributed by atoms with Crippen molar-refractivity contribution in [2.24, 2.45) is 0 Å². The fraction of sp³-hybridized carbons (Fsp3) is 0.417. The first kappa shape index (κ1) is 12.5. The Morgan fingerprint density at radius 2 is 2.39 bits per heavy atom. The lowest BCUT2D eigenvalue weighted by atomic mass is 9.98. The normalized spacial score (nSPS) is 21.1. The average molecular weight is 252 g/mol. The van der Waals surface area contributed by atoms with Gasteiger partial charge in [0.25, 0.3) is 0 Å². The van der Waals surface area contributed by atoms with Gasteiger partial charge in [-0.05, 0) is 25.1 Å². The van der Waals surface area contributed by atoms with Gasteiger partial charge in [-0.2, -0.15) is 0 Å². The van der Waals surface area contributed by atoms with Gasteiger partial charge in [0.05, 0.1) is 12.2 Å². The number of fused-ring (bicyclic) bond motifs is 1. The quantitative estimate of drug-likeness (QED) is 0.589. The maximum absolute atomic E-state index is 10.8. The van der Waals surface area contributed by atoms with Crippen molar-refractivity contribution in [2.45, 2.75) is 25.0 Å². The molecule has 2 atom stereocenters. The third-order valence-electron chi connectivity index (χ3n) is 2.90. The van der Waals surface area contributed by atoms with Crippen molar-refractivity contribution in [1.29, 1.82) is 0 Å². The molecule has 1 aliphatic heterocycles. The van der Waals surface area contributed by atoms with E-state index in [4.69, 9.17) is 15.6 Å². The highest BCUT2D eigenvalue weighted by Gasteiger charge is 2.35. The molecule has 6 nitrogen and oxygen atoms in total. The number of aliphatic hydroxyl groups is 1. The lowest BCUT2D eigenvalue weighted by molar-refractivity contribution is -0.159. The van der Waals surface area contributed by atoms with E-state index in [-0.39, 0.29) is 6.42 Å². The van der Waals surface area contributed by atoms with E-state index >= 15 is 0 Å². The fourth-order valence-corrected chi connectivity index (χ4v) is 1.88. The number of ether oxygens (including phenoxy) is 1. The molecule has 0 amide bonds. The van der Waals surface area contributed by atoms with Crippen LogP contribution in [-0.4, -0.2) is 34.4 Å².